The lowest BCUT2D eigenvalue weighted by Crippen LogP contribution is -2.33. The first-order valence-corrected chi connectivity index (χ1v) is 6.62. The minimum absolute atomic E-state index is 0.145. The van der Waals surface area contributed by atoms with Gasteiger partial charge in [0.05, 0.1) is 0 Å². The Morgan fingerprint density at radius 2 is 1.88 bits per heavy atom. The number of hydrogen-bond acceptors (Lipinski definition) is 2. The third-order valence-corrected chi connectivity index (χ3v) is 3.95. The molecule has 2 aliphatic rings. The molecule has 0 radical (unpaired) electrons. The molecule has 90 valence electrons. The van der Waals surface area contributed by atoms with Crippen molar-refractivity contribution in [2.75, 3.05) is 0 Å². The van der Waals surface area contributed by atoms with Crippen molar-refractivity contribution in [1.29, 1.82) is 0 Å². The van der Waals surface area contributed by atoms with Crippen LogP contribution in [0.3, 0.4) is 0 Å². The quantitative estimate of drug-likeness (QED) is 0.717. The Balaban J connectivity index is 1.84. The van der Waals surface area contributed by atoms with Crippen LogP contribution in [-0.4, -0.2) is 11.6 Å². The van der Waals surface area contributed by atoms with Crippen molar-refractivity contribution in [3.8, 4) is 0 Å². The van der Waals surface area contributed by atoms with E-state index in [4.69, 9.17) is 0 Å². The first kappa shape index (κ1) is 11.6. The highest BCUT2D eigenvalue weighted by Crippen LogP contribution is 2.29. The monoisotopic (exact) mass is 222 g/mol. The summed E-state index contributed by atoms with van der Waals surface area (Å²) in [5.74, 6) is 0.864. The van der Waals surface area contributed by atoms with Crippen LogP contribution in [0.15, 0.2) is 5.10 Å². The first-order chi connectivity index (χ1) is 7.77. The van der Waals surface area contributed by atoms with E-state index in [0.717, 1.165) is 19.3 Å². The minimum atomic E-state index is 0.145. The zero-order chi connectivity index (χ0) is 11.4. The van der Waals surface area contributed by atoms with Crippen LogP contribution in [0.25, 0.3) is 0 Å². The second-order valence-corrected chi connectivity index (χ2v) is 5.23. The van der Waals surface area contributed by atoms with Crippen LogP contribution in [0.1, 0.15) is 58.3 Å². The molecule has 1 amide bonds. The third kappa shape index (κ3) is 2.83. The molecule has 0 aliphatic heterocycles. The SMILES string of the molecule is CC1CCCCC1C(=O)NN=C1CCCC1. The van der Waals surface area contributed by atoms with Gasteiger partial charge < -0.3 is 0 Å². The fraction of sp³-hybridized carbons (Fsp3) is 0.846. The van der Waals surface area contributed by atoms with E-state index >= 15 is 0 Å². The van der Waals surface area contributed by atoms with Crippen molar-refractivity contribution >= 4 is 11.6 Å². The maximum atomic E-state index is 11.9. The van der Waals surface area contributed by atoms with Crippen molar-refractivity contribution in [2.24, 2.45) is 16.9 Å². The van der Waals surface area contributed by atoms with Crippen molar-refractivity contribution in [1.82, 2.24) is 5.43 Å². The Labute approximate surface area is 97.7 Å². The summed E-state index contributed by atoms with van der Waals surface area (Å²) >= 11 is 0. The molecule has 3 heteroatoms. The van der Waals surface area contributed by atoms with Gasteiger partial charge in [0, 0.05) is 11.6 Å². The molecule has 2 unspecified atom stereocenters. The maximum Gasteiger partial charge on any atom is 0.243 e. The summed E-state index contributed by atoms with van der Waals surface area (Å²) < 4.78 is 0. The maximum absolute atomic E-state index is 11.9. The summed E-state index contributed by atoms with van der Waals surface area (Å²) in [6, 6.07) is 0. The highest BCUT2D eigenvalue weighted by Gasteiger charge is 2.27. The number of nitrogens with zero attached hydrogens (tertiary/aromatic N) is 1. The molecule has 16 heavy (non-hydrogen) atoms. The van der Waals surface area contributed by atoms with Crippen LogP contribution in [0.4, 0.5) is 0 Å². The van der Waals surface area contributed by atoms with Gasteiger partial charge >= 0.3 is 0 Å². The number of carbonyl (C=O) groups excluding carboxylic acids is 1. The lowest BCUT2D eigenvalue weighted by atomic mass is 9.80. The molecule has 2 aliphatic carbocycles. The highest BCUT2D eigenvalue weighted by molar-refractivity contribution is 5.88. The zero-order valence-corrected chi connectivity index (χ0v) is 10.2. The third-order valence-electron chi connectivity index (χ3n) is 3.95. The molecule has 2 atom stereocenters. The number of hydrogen-bond donors (Lipinski definition) is 1. The molecular formula is C13H22N2O. The number of carbonyl (C=O) groups is 1. The average Bonchev–Trinajstić information content (AvgIpc) is 2.79. The summed E-state index contributed by atoms with van der Waals surface area (Å²) in [6.07, 6.45) is 9.30. The van der Waals surface area contributed by atoms with Crippen molar-refractivity contribution < 1.29 is 4.79 Å². The lowest BCUT2D eigenvalue weighted by molar-refractivity contribution is -0.127. The second-order valence-electron chi connectivity index (χ2n) is 5.23. The highest BCUT2D eigenvalue weighted by atomic mass is 16.2. The molecule has 3 nitrogen and oxygen atoms in total. The molecule has 0 spiro atoms. The Morgan fingerprint density at radius 1 is 1.19 bits per heavy atom. The molecule has 0 bridgehead atoms. The summed E-state index contributed by atoms with van der Waals surface area (Å²) in [7, 11) is 0. The molecule has 2 fully saturated rings. The van der Waals surface area contributed by atoms with Gasteiger partial charge in [-0.05, 0) is 44.4 Å². The first-order valence-electron chi connectivity index (χ1n) is 6.62. The molecule has 0 saturated heterocycles. The van der Waals surface area contributed by atoms with Gasteiger partial charge in [0.1, 0.15) is 0 Å². The second kappa shape index (κ2) is 5.46. The Morgan fingerprint density at radius 3 is 2.56 bits per heavy atom. The fourth-order valence-corrected chi connectivity index (χ4v) is 2.82. The van der Waals surface area contributed by atoms with Crippen molar-refractivity contribution in [2.45, 2.75) is 58.3 Å². The van der Waals surface area contributed by atoms with Gasteiger partial charge in [0.2, 0.25) is 5.91 Å². The van der Waals surface area contributed by atoms with Crippen LogP contribution in [0.5, 0.6) is 0 Å². The van der Waals surface area contributed by atoms with E-state index in [9.17, 15) is 4.79 Å². The molecule has 0 aromatic heterocycles. The fourth-order valence-electron chi connectivity index (χ4n) is 2.82. The minimum Gasteiger partial charge on any atom is -0.273 e. The summed E-state index contributed by atoms with van der Waals surface area (Å²) in [5, 5.41) is 4.25. The normalized spacial score (nSPS) is 30.2. The summed E-state index contributed by atoms with van der Waals surface area (Å²) in [6.45, 7) is 2.19. The standard InChI is InChI=1S/C13H22N2O/c1-10-6-2-5-9-12(10)13(16)15-14-11-7-3-4-8-11/h10,12H,2-9H2,1H3,(H,15,16). The van der Waals surface area contributed by atoms with Gasteiger partial charge in [-0.25, -0.2) is 5.43 Å². The zero-order valence-electron chi connectivity index (χ0n) is 10.2. The van der Waals surface area contributed by atoms with Crippen LogP contribution in [0, 0.1) is 11.8 Å². The predicted molar refractivity (Wildman–Crippen MR) is 65.2 cm³/mol. The van der Waals surface area contributed by atoms with Crippen molar-refractivity contribution in [3.63, 3.8) is 0 Å². The van der Waals surface area contributed by atoms with Gasteiger partial charge in [0.15, 0.2) is 0 Å². The summed E-state index contributed by atoms with van der Waals surface area (Å²) in [5.41, 5.74) is 3.95. The van der Waals surface area contributed by atoms with Crippen LogP contribution < -0.4 is 5.43 Å². The van der Waals surface area contributed by atoms with E-state index in [-0.39, 0.29) is 11.8 Å². The lowest BCUT2D eigenvalue weighted by Gasteiger charge is -2.26. The van der Waals surface area contributed by atoms with E-state index in [2.05, 4.69) is 17.5 Å². The van der Waals surface area contributed by atoms with Gasteiger partial charge in [-0.2, -0.15) is 5.10 Å². The van der Waals surface area contributed by atoms with E-state index in [1.54, 1.807) is 0 Å². The molecule has 0 aromatic carbocycles. The van der Waals surface area contributed by atoms with Crippen LogP contribution in [0.2, 0.25) is 0 Å². The van der Waals surface area contributed by atoms with Gasteiger partial charge in [-0.15, -0.1) is 0 Å². The topological polar surface area (TPSA) is 41.5 Å². The predicted octanol–water partition coefficient (Wildman–Crippen LogP) is 2.86. The van der Waals surface area contributed by atoms with Gasteiger partial charge in [-0.3, -0.25) is 4.79 Å². The average molecular weight is 222 g/mol. The molecule has 2 rings (SSSR count). The Bertz CT molecular complexity index is 278. The van der Waals surface area contributed by atoms with E-state index in [1.165, 1.54) is 37.8 Å². The van der Waals surface area contributed by atoms with E-state index < -0.39 is 0 Å². The largest absolute Gasteiger partial charge is 0.273 e. The van der Waals surface area contributed by atoms with E-state index in [0.29, 0.717) is 5.92 Å². The Kier molecular flexibility index (Phi) is 3.97. The molecule has 1 N–H and O–H groups in total. The smallest absolute Gasteiger partial charge is 0.243 e. The molecule has 2 saturated carbocycles. The number of rotatable bonds is 2. The number of hydrazone groups is 1. The Hall–Kier alpha value is -0.860. The number of nitrogens with one attached hydrogen (secondary N) is 1. The number of amides is 1. The summed E-state index contributed by atoms with van der Waals surface area (Å²) in [4.78, 5) is 11.9. The van der Waals surface area contributed by atoms with Gasteiger partial charge in [0.25, 0.3) is 0 Å². The van der Waals surface area contributed by atoms with Gasteiger partial charge in [-0.1, -0.05) is 19.8 Å². The van der Waals surface area contributed by atoms with E-state index in [1.807, 2.05) is 0 Å². The van der Waals surface area contributed by atoms with Crippen LogP contribution >= 0.6 is 0 Å². The molecular weight excluding hydrogens is 200 g/mol. The molecule has 0 heterocycles. The van der Waals surface area contributed by atoms with Crippen molar-refractivity contribution in [3.05, 3.63) is 0 Å². The molecule has 0 aromatic rings. The van der Waals surface area contributed by atoms with Crippen LogP contribution in [-0.2, 0) is 4.79 Å².